The van der Waals surface area contributed by atoms with Gasteiger partial charge in [-0.05, 0) is 57.0 Å². The van der Waals surface area contributed by atoms with Crippen LogP contribution in [0, 0.1) is 5.41 Å². The highest BCUT2D eigenvalue weighted by Gasteiger charge is 2.46. The van der Waals surface area contributed by atoms with Crippen molar-refractivity contribution in [3.8, 4) is 0 Å². The Bertz CT molecular complexity index is 235. The van der Waals surface area contributed by atoms with E-state index in [4.69, 9.17) is 0 Å². The lowest BCUT2D eigenvalue weighted by atomic mass is 9.67. The summed E-state index contributed by atoms with van der Waals surface area (Å²) in [6.07, 6.45) is 10.2. The largest absolute Gasteiger partial charge is 0.393 e. The summed E-state index contributed by atoms with van der Waals surface area (Å²) in [6, 6.07) is 0.652. The van der Waals surface area contributed by atoms with Gasteiger partial charge in [-0.1, -0.05) is 26.7 Å². The molecule has 0 saturated heterocycles. The first-order chi connectivity index (χ1) is 8.22. The van der Waals surface area contributed by atoms with Crippen LogP contribution in [-0.2, 0) is 0 Å². The molecule has 2 atom stereocenters. The predicted molar refractivity (Wildman–Crippen MR) is 72.1 cm³/mol. The van der Waals surface area contributed by atoms with E-state index < -0.39 is 0 Å². The second-order valence-electron chi connectivity index (χ2n) is 6.14. The zero-order valence-corrected chi connectivity index (χ0v) is 11.6. The smallest absolute Gasteiger partial charge is 0.0555 e. The van der Waals surface area contributed by atoms with Crippen LogP contribution >= 0.6 is 0 Å². The summed E-state index contributed by atoms with van der Waals surface area (Å²) in [5, 5.41) is 10.0. The Labute approximate surface area is 106 Å². The van der Waals surface area contributed by atoms with Crippen LogP contribution in [0.5, 0.6) is 0 Å². The van der Waals surface area contributed by atoms with Crippen LogP contribution in [0.3, 0.4) is 0 Å². The zero-order valence-electron chi connectivity index (χ0n) is 11.6. The third-order valence-electron chi connectivity index (χ3n) is 5.13. The van der Waals surface area contributed by atoms with Crippen LogP contribution in [0.15, 0.2) is 0 Å². The van der Waals surface area contributed by atoms with Crippen molar-refractivity contribution in [1.29, 1.82) is 0 Å². The van der Waals surface area contributed by atoms with Crippen LogP contribution in [0.1, 0.15) is 65.2 Å². The van der Waals surface area contributed by atoms with Crippen LogP contribution in [-0.4, -0.2) is 35.2 Å². The molecule has 2 nitrogen and oxygen atoms in total. The van der Waals surface area contributed by atoms with Crippen molar-refractivity contribution in [2.24, 2.45) is 5.41 Å². The third kappa shape index (κ3) is 2.68. The topological polar surface area (TPSA) is 23.5 Å². The minimum atomic E-state index is -0.0443. The fourth-order valence-corrected chi connectivity index (χ4v) is 4.27. The molecule has 17 heavy (non-hydrogen) atoms. The van der Waals surface area contributed by atoms with Gasteiger partial charge in [-0.2, -0.15) is 0 Å². The molecule has 0 aromatic carbocycles. The molecule has 0 aromatic rings. The number of aliphatic hydroxyl groups is 1. The molecule has 0 aliphatic heterocycles. The average molecular weight is 239 g/mol. The first-order valence-electron chi connectivity index (χ1n) is 7.64. The zero-order chi connectivity index (χ0) is 12.3. The fourth-order valence-electron chi connectivity index (χ4n) is 4.27. The summed E-state index contributed by atoms with van der Waals surface area (Å²) in [7, 11) is 0. The first kappa shape index (κ1) is 13.4. The average Bonchev–Trinajstić information content (AvgIpc) is 2.79. The summed E-state index contributed by atoms with van der Waals surface area (Å²) in [6.45, 7) is 6.89. The van der Waals surface area contributed by atoms with Gasteiger partial charge in [0.15, 0.2) is 0 Å². The second kappa shape index (κ2) is 5.71. The van der Waals surface area contributed by atoms with E-state index in [1.165, 1.54) is 45.1 Å². The molecule has 2 saturated carbocycles. The van der Waals surface area contributed by atoms with E-state index >= 15 is 0 Å². The Morgan fingerprint density at radius 3 is 2.47 bits per heavy atom. The Morgan fingerprint density at radius 1 is 1.18 bits per heavy atom. The van der Waals surface area contributed by atoms with Gasteiger partial charge in [0, 0.05) is 6.04 Å². The van der Waals surface area contributed by atoms with Crippen LogP contribution in [0.25, 0.3) is 0 Å². The van der Waals surface area contributed by atoms with E-state index in [1.807, 2.05) is 0 Å². The standard InChI is InChI=1S/C15H29NO/c1-3-11-16(4-2)14-12-13(17)7-10-15(14)8-5-6-9-15/h13-14,17H,3-12H2,1-2H3. The van der Waals surface area contributed by atoms with Gasteiger partial charge in [0.2, 0.25) is 0 Å². The molecule has 0 heterocycles. The number of nitrogens with zero attached hydrogens (tertiary/aromatic N) is 1. The van der Waals surface area contributed by atoms with Crippen molar-refractivity contribution in [1.82, 2.24) is 4.90 Å². The van der Waals surface area contributed by atoms with Gasteiger partial charge in [0.1, 0.15) is 0 Å². The highest BCUT2D eigenvalue weighted by Crippen LogP contribution is 2.50. The lowest BCUT2D eigenvalue weighted by Gasteiger charge is -2.48. The number of hydrogen-bond acceptors (Lipinski definition) is 2. The van der Waals surface area contributed by atoms with Gasteiger partial charge >= 0.3 is 0 Å². The van der Waals surface area contributed by atoms with Gasteiger partial charge in [-0.15, -0.1) is 0 Å². The molecular formula is C15H29NO. The van der Waals surface area contributed by atoms with Crippen molar-refractivity contribution in [3.63, 3.8) is 0 Å². The minimum absolute atomic E-state index is 0.0443. The van der Waals surface area contributed by atoms with Gasteiger partial charge < -0.3 is 10.0 Å². The van der Waals surface area contributed by atoms with Crippen molar-refractivity contribution >= 4 is 0 Å². The molecule has 2 unspecified atom stereocenters. The fraction of sp³-hybridized carbons (Fsp3) is 1.00. The SMILES string of the molecule is CCCN(CC)C1CC(O)CCC12CCCC2. The molecule has 0 radical (unpaired) electrons. The lowest BCUT2D eigenvalue weighted by molar-refractivity contribution is -0.0246. The molecule has 2 fully saturated rings. The number of hydrogen-bond donors (Lipinski definition) is 1. The Balaban J connectivity index is 2.12. The van der Waals surface area contributed by atoms with E-state index in [1.54, 1.807) is 0 Å². The monoisotopic (exact) mass is 239 g/mol. The number of rotatable bonds is 4. The summed E-state index contributed by atoms with van der Waals surface area (Å²) in [5.41, 5.74) is 0.560. The molecule has 1 N–H and O–H groups in total. The summed E-state index contributed by atoms with van der Waals surface area (Å²) >= 11 is 0. The predicted octanol–water partition coefficient (Wildman–Crippen LogP) is 3.19. The van der Waals surface area contributed by atoms with Crippen molar-refractivity contribution in [2.75, 3.05) is 13.1 Å². The van der Waals surface area contributed by atoms with Crippen molar-refractivity contribution < 1.29 is 5.11 Å². The maximum absolute atomic E-state index is 10.0. The van der Waals surface area contributed by atoms with Gasteiger partial charge in [-0.25, -0.2) is 0 Å². The molecule has 2 heteroatoms. The van der Waals surface area contributed by atoms with Crippen molar-refractivity contribution in [3.05, 3.63) is 0 Å². The maximum Gasteiger partial charge on any atom is 0.0555 e. The van der Waals surface area contributed by atoms with E-state index in [0.29, 0.717) is 11.5 Å². The lowest BCUT2D eigenvalue weighted by Crippen LogP contribution is -2.51. The van der Waals surface area contributed by atoms with Crippen LogP contribution < -0.4 is 0 Å². The molecule has 2 aliphatic carbocycles. The maximum atomic E-state index is 10.0. The van der Waals surface area contributed by atoms with Gasteiger partial charge in [0.25, 0.3) is 0 Å². The van der Waals surface area contributed by atoms with Gasteiger partial charge in [-0.3, -0.25) is 0 Å². The molecule has 0 bridgehead atoms. The minimum Gasteiger partial charge on any atom is -0.393 e. The molecule has 2 rings (SSSR count). The summed E-state index contributed by atoms with van der Waals surface area (Å²) in [4.78, 5) is 2.65. The van der Waals surface area contributed by atoms with E-state index in [2.05, 4.69) is 18.7 Å². The van der Waals surface area contributed by atoms with E-state index in [0.717, 1.165) is 19.4 Å². The van der Waals surface area contributed by atoms with E-state index in [-0.39, 0.29) is 6.10 Å². The number of aliphatic hydroxyl groups excluding tert-OH is 1. The van der Waals surface area contributed by atoms with Crippen LogP contribution in [0.4, 0.5) is 0 Å². The Morgan fingerprint density at radius 2 is 1.88 bits per heavy atom. The summed E-state index contributed by atoms with van der Waals surface area (Å²) in [5.74, 6) is 0. The Hall–Kier alpha value is -0.0800. The highest BCUT2D eigenvalue weighted by atomic mass is 16.3. The molecule has 2 aliphatic rings. The molecule has 1 spiro atoms. The third-order valence-corrected chi connectivity index (χ3v) is 5.13. The Kier molecular flexibility index (Phi) is 4.48. The quantitative estimate of drug-likeness (QED) is 0.814. The molecule has 0 amide bonds. The highest BCUT2D eigenvalue weighted by molar-refractivity contribution is 5.00. The molecule has 100 valence electrons. The second-order valence-corrected chi connectivity index (χ2v) is 6.14. The van der Waals surface area contributed by atoms with Gasteiger partial charge in [0.05, 0.1) is 6.10 Å². The summed E-state index contributed by atoms with van der Waals surface area (Å²) < 4.78 is 0. The van der Waals surface area contributed by atoms with Crippen molar-refractivity contribution in [2.45, 2.75) is 77.4 Å². The normalized spacial score (nSPS) is 32.5. The van der Waals surface area contributed by atoms with Crippen LogP contribution in [0.2, 0.25) is 0 Å². The molecule has 0 aromatic heterocycles. The molecular weight excluding hydrogens is 210 g/mol. The first-order valence-corrected chi connectivity index (χ1v) is 7.64. The van der Waals surface area contributed by atoms with E-state index in [9.17, 15) is 5.11 Å².